The number of rotatable bonds is 2. The van der Waals surface area contributed by atoms with E-state index in [2.05, 4.69) is 5.32 Å². The Hall–Kier alpha value is -0.410. The maximum absolute atomic E-state index is 9.34. The van der Waals surface area contributed by atoms with Gasteiger partial charge in [-0.25, -0.2) is 0 Å². The second-order valence-corrected chi connectivity index (χ2v) is 0.724. The molecular weight excluding hydrogens is 94.0 g/mol. The summed E-state index contributed by atoms with van der Waals surface area (Å²) in [5.74, 6) is 0. The lowest BCUT2D eigenvalue weighted by molar-refractivity contribution is -0.107. The predicted octanol–water partition coefficient (Wildman–Crippen LogP) is -0.987. The van der Waals surface area contributed by atoms with Crippen molar-refractivity contribution in [3.8, 4) is 0 Å². The van der Waals surface area contributed by atoms with Crippen LogP contribution in [0.25, 0.3) is 0 Å². The molecular formula is C4H11NO2. The number of nitrogens with one attached hydrogen (secondary N) is 1. The zero-order valence-corrected chi connectivity index (χ0v) is 4.64. The highest BCUT2D eigenvalue weighted by atomic mass is 16.2. The molecule has 0 fully saturated rings. The van der Waals surface area contributed by atoms with Crippen LogP contribution in [0.1, 0.15) is 0 Å². The largest absolute Gasteiger partial charge is 0.400 e. The first-order valence-electron chi connectivity index (χ1n) is 1.94. The van der Waals surface area contributed by atoms with Crippen molar-refractivity contribution in [1.29, 1.82) is 0 Å². The van der Waals surface area contributed by atoms with Gasteiger partial charge in [0.2, 0.25) is 0 Å². The molecule has 0 radical (unpaired) electrons. The van der Waals surface area contributed by atoms with Gasteiger partial charge in [-0.1, -0.05) is 0 Å². The van der Waals surface area contributed by atoms with Gasteiger partial charge in [-0.05, 0) is 7.05 Å². The topological polar surface area (TPSA) is 49.3 Å². The third-order valence-electron chi connectivity index (χ3n) is 0.287. The fraction of sp³-hybridized carbons (Fsp3) is 0.750. The average molecular weight is 105 g/mol. The van der Waals surface area contributed by atoms with E-state index in [0.29, 0.717) is 6.54 Å². The Morgan fingerprint density at radius 3 is 2.14 bits per heavy atom. The van der Waals surface area contributed by atoms with E-state index in [4.69, 9.17) is 5.11 Å². The Kier molecular flexibility index (Phi) is 24.5. The third-order valence-corrected chi connectivity index (χ3v) is 0.287. The Bertz CT molecular complexity index is 30.9. The Labute approximate surface area is 43.3 Å². The molecule has 0 aromatic heterocycles. The lowest BCUT2D eigenvalue weighted by Crippen LogP contribution is -2.07. The van der Waals surface area contributed by atoms with Gasteiger partial charge >= 0.3 is 0 Å². The van der Waals surface area contributed by atoms with E-state index in [-0.39, 0.29) is 0 Å². The molecule has 0 atom stereocenters. The van der Waals surface area contributed by atoms with Crippen molar-refractivity contribution in [2.75, 3.05) is 20.7 Å². The molecule has 0 saturated carbocycles. The molecule has 0 aliphatic rings. The zero-order valence-electron chi connectivity index (χ0n) is 4.64. The van der Waals surface area contributed by atoms with Gasteiger partial charge < -0.3 is 15.2 Å². The zero-order chi connectivity index (χ0) is 6.12. The average Bonchev–Trinajstić information content (AvgIpc) is 1.75. The maximum Gasteiger partial charge on any atom is 0.133 e. The lowest BCUT2D eigenvalue weighted by atomic mass is 10.7. The number of hydrogen-bond donors (Lipinski definition) is 2. The molecule has 0 amide bonds. The van der Waals surface area contributed by atoms with Crippen LogP contribution in [0, 0.1) is 0 Å². The smallest absolute Gasteiger partial charge is 0.133 e. The van der Waals surface area contributed by atoms with Crippen molar-refractivity contribution >= 4 is 6.29 Å². The van der Waals surface area contributed by atoms with Crippen molar-refractivity contribution < 1.29 is 9.90 Å². The van der Waals surface area contributed by atoms with E-state index < -0.39 is 0 Å². The van der Waals surface area contributed by atoms with Gasteiger partial charge in [-0.2, -0.15) is 0 Å². The molecule has 0 aliphatic heterocycles. The van der Waals surface area contributed by atoms with Gasteiger partial charge in [0.15, 0.2) is 0 Å². The third kappa shape index (κ3) is 28.5. The van der Waals surface area contributed by atoms with E-state index in [1.807, 2.05) is 0 Å². The minimum atomic E-state index is 0.458. The number of aldehydes is 1. The van der Waals surface area contributed by atoms with Gasteiger partial charge in [-0.3, -0.25) is 0 Å². The first-order chi connectivity index (χ1) is 3.41. The first-order valence-corrected chi connectivity index (χ1v) is 1.94. The second kappa shape index (κ2) is 17.6. The summed E-state index contributed by atoms with van der Waals surface area (Å²) in [7, 11) is 2.73. The molecule has 3 heteroatoms. The van der Waals surface area contributed by atoms with E-state index in [1.165, 1.54) is 0 Å². The Morgan fingerprint density at radius 1 is 1.71 bits per heavy atom. The summed E-state index contributed by atoms with van der Waals surface area (Å²) < 4.78 is 0. The highest BCUT2D eigenvalue weighted by molar-refractivity contribution is 5.51. The monoisotopic (exact) mass is 105 g/mol. The van der Waals surface area contributed by atoms with Crippen LogP contribution in [0.15, 0.2) is 0 Å². The van der Waals surface area contributed by atoms with Gasteiger partial charge in [0.05, 0.1) is 6.54 Å². The molecule has 0 unspecified atom stereocenters. The fourth-order valence-corrected chi connectivity index (χ4v) is 0.0833. The van der Waals surface area contributed by atoms with E-state index >= 15 is 0 Å². The number of aliphatic hydroxyl groups excluding tert-OH is 1. The quantitative estimate of drug-likeness (QED) is 0.443. The predicted molar refractivity (Wildman–Crippen MR) is 28.1 cm³/mol. The highest BCUT2D eigenvalue weighted by Crippen LogP contribution is 1.32. The van der Waals surface area contributed by atoms with Crippen LogP contribution >= 0.6 is 0 Å². The summed E-state index contributed by atoms with van der Waals surface area (Å²) in [6, 6.07) is 0. The van der Waals surface area contributed by atoms with Crippen molar-refractivity contribution in [1.82, 2.24) is 5.32 Å². The van der Waals surface area contributed by atoms with Gasteiger partial charge in [0.1, 0.15) is 6.29 Å². The van der Waals surface area contributed by atoms with Gasteiger partial charge in [0, 0.05) is 7.11 Å². The second-order valence-electron chi connectivity index (χ2n) is 0.724. The van der Waals surface area contributed by atoms with E-state index in [0.717, 1.165) is 13.4 Å². The maximum atomic E-state index is 9.34. The number of carbonyl (C=O) groups is 1. The molecule has 3 nitrogen and oxygen atoms in total. The van der Waals surface area contributed by atoms with Crippen molar-refractivity contribution in [2.45, 2.75) is 0 Å². The summed E-state index contributed by atoms with van der Waals surface area (Å²) >= 11 is 0. The van der Waals surface area contributed by atoms with Crippen LogP contribution < -0.4 is 5.32 Å². The summed E-state index contributed by atoms with van der Waals surface area (Å²) in [5.41, 5.74) is 0. The molecule has 0 spiro atoms. The number of likely N-dealkylation sites (N-methyl/N-ethyl adjacent to an activating group) is 1. The van der Waals surface area contributed by atoms with Crippen LogP contribution in [0.5, 0.6) is 0 Å². The standard InChI is InChI=1S/C3H7NO.CH4O/c1-4-2-3-5;1-2/h3-4H,2H2,1H3;2H,1H3. The van der Waals surface area contributed by atoms with Gasteiger partial charge in [-0.15, -0.1) is 0 Å². The molecule has 7 heavy (non-hydrogen) atoms. The minimum Gasteiger partial charge on any atom is -0.400 e. The molecule has 2 N–H and O–H groups in total. The van der Waals surface area contributed by atoms with Crippen LogP contribution in [0.3, 0.4) is 0 Å². The molecule has 0 bridgehead atoms. The summed E-state index contributed by atoms with van der Waals surface area (Å²) in [6.07, 6.45) is 0.819. The molecule has 44 valence electrons. The van der Waals surface area contributed by atoms with Crippen molar-refractivity contribution in [2.24, 2.45) is 0 Å². The van der Waals surface area contributed by atoms with Crippen LogP contribution in [0.2, 0.25) is 0 Å². The Morgan fingerprint density at radius 2 is 2.14 bits per heavy atom. The number of hydrogen-bond acceptors (Lipinski definition) is 3. The van der Waals surface area contributed by atoms with Gasteiger partial charge in [0.25, 0.3) is 0 Å². The SMILES string of the molecule is CNCC=O.CO. The molecule has 0 aliphatic carbocycles. The highest BCUT2D eigenvalue weighted by Gasteiger charge is 1.62. The number of aliphatic hydroxyl groups is 1. The summed E-state index contributed by atoms with van der Waals surface area (Å²) in [6.45, 7) is 0.458. The summed E-state index contributed by atoms with van der Waals surface area (Å²) in [5, 5.41) is 9.65. The fourth-order valence-electron chi connectivity index (χ4n) is 0.0833. The normalized spacial score (nSPS) is 6.14. The number of carbonyl (C=O) groups excluding carboxylic acids is 1. The molecule has 0 saturated heterocycles. The molecule has 0 aromatic carbocycles. The first kappa shape index (κ1) is 9.77. The molecule has 0 rings (SSSR count). The van der Waals surface area contributed by atoms with Crippen molar-refractivity contribution in [3.63, 3.8) is 0 Å². The molecule has 0 aromatic rings. The minimum absolute atomic E-state index is 0.458. The lowest BCUT2D eigenvalue weighted by Gasteiger charge is -1.75. The van der Waals surface area contributed by atoms with Crippen LogP contribution in [-0.2, 0) is 4.79 Å². The molecule has 0 heterocycles. The van der Waals surface area contributed by atoms with E-state index in [1.54, 1.807) is 7.05 Å². The van der Waals surface area contributed by atoms with E-state index in [9.17, 15) is 4.79 Å². The summed E-state index contributed by atoms with van der Waals surface area (Å²) in [4.78, 5) is 9.34. The van der Waals surface area contributed by atoms with Crippen molar-refractivity contribution in [3.05, 3.63) is 0 Å². The van der Waals surface area contributed by atoms with Crippen LogP contribution in [0.4, 0.5) is 0 Å². The Balaban J connectivity index is 0. The van der Waals surface area contributed by atoms with Crippen LogP contribution in [-0.4, -0.2) is 32.1 Å².